The second kappa shape index (κ2) is 8.27. The Labute approximate surface area is 151 Å². The molecule has 1 N–H and O–H groups in total. The monoisotopic (exact) mass is 367 g/mol. The van der Waals surface area contributed by atoms with Crippen LogP contribution >= 0.6 is 23.2 Å². The van der Waals surface area contributed by atoms with Crippen molar-refractivity contribution in [2.45, 2.75) is 13.3 Å². The molecule has 0 aliphatic heterocycles. The van der Waals surface area contributed by atoms with E-state index in [0.29, 0.717) is 40.1 Å². The lowest BCUT2D eigenvalue weighted by Crippen LogP contribution is -2.25. The summed E-state index contributed by atoms with van der Waals surface area (Å²) in [7, 11) is 3.21. The number of carbonyl (C=O) groups is 1. The van der Waals surface area contributed by atoms with Crippen LogP contribution in [0.3, 0.4) is 0 Å². The number of carbonyl (C=O) groups excluding carboxylic acids is 1. The number of aryl methyl sites for hydroxylation is 1. The van der Waals surface area contributed by atoms with Crippen molar-refractivity contribution in [2.75, 3.05) is 20.8 Å². The number of methoxy groups -OCH3 is 2. The SMILES string of the molecule is COc1cc(C)c(CCNC(=O)c2ccc(Cl)c(Cl)c2)cc1OC. The summed E-state index contributed by atoms with van der Waals surface area (Å²) in [6.45, 7) is 2.49. The molecule has 128 valence electrons. The number of rotatable bonds is 6. The van der Waals surface area contributed by atoms with Gasteiger partial charge >= 0.3 is 0 Å². The van der Waals surface area contributed by atoms with E-state index in [1.807, 2.05) is 19.1 Å². The van der Waals surface area contributed by atoms with E-state index in [1.165, 1.54) is 0 Å². The molecule has 6 heteroatoms. The zero-order valence-corrected chi connectivity index (χ0v) is 15.3. The van der Waals surface area contributed by atoms with Crippen molar-refractivity contribution in [3.63, 3.8) is 0 Å². The first-order valence-electron chi connectivity index (χ1n) is 7.41. The van der Waals surface area contributed by atoms with Gasteiger partial charge in [-0.25, -0.2) is 0 Å². The van der Waals surface area contributed by atoms with Crippen LogP contribution in [0.4, 0.5) is 0 Å². The van der Waals surface area contributed by atoms with Gasteiger partial charge in [0.1, 0.15) is 0 Å². The highest BCUT2D eigenvalue weighted by Crippen LogP contribution is 2.30. The Balaban J connectivity index is 2.01. The Kier molecular flexibility index (Phi) is 6.35. The van der Waals surface area contributed by atoms with E-state index in [9.17, 15) is 4.79 Å². The van der Waals surface area contributed by atoms with Gasteiger partial charge in [-0.05, 0) is 54.8 Å². The predicted octanol–water partition coefficient (Wildman–Crippen LogP) is 4.29. The van der Waals surface area contributed by atoms with Crippen LogP contribution in [0, 0.1) is 6.92 Å². The van der Waals surface area contributed by atoms with Crippen molar-refractivity contribution in [1.29, 1.82) is 0 Å². The van der Waals surface area contributed by atoms with Crippen LogP contribution in [0.5, 0.6) is 11.5 Å². The van der Waals surface area contributed by atoms with Gasteiger partial charge in [-0.2, -0.15) is 0 Å². The van der Waals surface area contributed by atoms with Gasteiger partial charge in [0, 0.05) is 12.1 Å². The third-order valence-corrected chi connectivity index (χ3v) is 4.44. The molecular weight excluding hydrogens is 349 g/mol. The molecule has 0 radical (unpaired) electrons. The maximum atomic E-state index is 12.1. The highest BCUT2D eigenvalue weighted by molar-refractivity contribution is 6.42. The molecule has 0 atom stereocenters. The molecule has 0 aliphatic rings. The normalized spacial score (nSPS) is 10.4. The molecular formula is C18H19Cl2NO3. The molecule has 0 aliphatic carbocycles. The summed E-state index contributed by atoms with van der Waals surface area (Å²) in [5, 5.41) is 3.66. The topological polar surface area (TPSA) is 47.6 Å². The molecule has 0 unspecified atom stereocenters. The first-order valence-corrected chi connectivity index (χ1v) is 8.16. The summed E-state index contributed by atoms with van der Waals surface area (Å²) in [4.78, 5) is 12.1. The molecule has 24 heavy (non-hydrogen) atoms. The van der Waals surface area contributed by atoms with Crippen LogP contribution in [0.15, 0.2) is 30.3 Å². The number of hydrogen-bond acceptors (Lipinski definition) is 3. The van der Waals surface area contributed by atoms with Crippen molar-refractivity contribution in [1.82, 2.24) is 5.32 Å². The molecule has 0 spiro atoms. The smallest absolute Gasteiger partial charge is 0.251 e. The number of benzene rings is 2. The molecule has 0 aromatic heterocycles. The maximum Gasteiger partial charge on any atom is 0.251 e. The molecule has 0 heterocycles. The standard InChI is InChI=1S/C18H19Cl2NO3/c1-11-8-16(23-2)17(24-3)10-12(11)6-7-21-18(22)13-4-5-14(19)15(20)9-13/h4-5,8-10H,6-7H2,1-3H3,(H,21,22). The molecule has 0 saturated carbocycles. The quantitative estimate of drug-likeness (QED) is 0.828. The summed E-state index contributed by atoms with van der Waals surface area (Å²) in [6.07, 6.45) is 0.680. The zero-order chi connectivity index (χ0) is 17.7. The van der Waals surface area contributed by atoms with Crippen molar-refractivity contribution < 1.29 is 14.3 Å². The van der Waals surface area contributed by atoms with Gasteiger partial charge < -0.3 is 14.8 Å². The van der Waals surface area contributed by atoms with Crippen molar-refractivity contribution in [3.8, 4) is 11.5 Å². The summed E-state index contributed by atoms with van der Waals surface area (Å²) in [6, 6.07) is 8.66. The Bertz CT molecular complexity index is 747. The van der Waals surface area contributed by atoms with E-state index in [-0.39, 0.29) is 5.91 Å². The molecule has 0 fully saturated rings. The summed E-state index contributed by atoms with van der Waals surface area (Å²) in [5.41, 5.74) is 2.65. The lowest BCUT2D eigenvalue weighted by molar-refractivity contribution is 0.0954. The van der Waals surface area contributed by atoms with Gasteiger partial charge in [0.05, 0.1) is 24.3 Å². The summed E-state index contributed by atoms with van der Waals surface area (Å²) >= 11 is 11.8. The largest absolute Gasteiger partial charge is 0.493 e. The van der Waals surface area contributed by atoms with E-state index in [2.05, 4.69) is 5.32 Å². The van der Waals surface area contributed by atoms with Gasteiger partial charge in [0.15, 0.2) is 11.5 Å². The predicted molar refractivity (Wildman–Crippen MR) is 96.8 cm³/mol. The Morgan fingerprint density at radius 2 is 1.71 bits per heavy atom. The van der Waals surface area contributed by atoms with Crippen molar-refractivity contribution >= 4 is 29.1 Å². The number of hydrogen-bond donors (Lipinski definition) is 1. The fourth-order valence-corrected chi connectivity index (χ4v) is 2.64. The Morgan fingerprint density at radius 1 is 1.04 bits per heavy atom. The number of halogens is 2. The van der Waals surface area contributed by atoms with Crippen LogP contribution in [0.2, 0.25) is 10.0 Å². The minimum absolute atomic E-state index is 0.188. The van der Waals surface area contributed by atoms with E-state index in [1.54, 1.807) is 32.4 Å². The molecule has 2 aromatic carbocycles. The Hall–Kier alpha value is -1.91. The molecule has 0 saturated heterocycles. The number of ether oxygens (including phenoxy) is 2. The zero-order valence-electron chi connectivity index (χ0n) is 13.8. The fraction of sp³-hybridized carbons (Fsp3) is 0.278. The van der Waals surface area contributed by atoms with Crippen LogP contribution in [0.25, 0.3) is 0 Å². The molecule has 0 bridgehead atoms. The average molecular weight is 368 g/mol. The molecule has 1 amide bonds. The summed E-state index contributed by atoms with van der Waals surface area (Å²) in [5.74, 6) is 1.18. The first-order chi connectivity index (χ1) is 11.5. The van der Waals surface area contributed by atoms with E-state index in [4.69, 9.17) is 32.7 Å². The molecule has 4 nitrogen and oxygen atoms in total. The minimum atomic E-state index is -0.188. The summed E-state index contributed by atoms with van der Waals surface area (Å²) < 4.78 is 10.6. The van der Waals surface area contributed by atoms with Crippen molar-refractivity contribution in [2.24, 2.45) is 0 Å². The highest BCUT2D eigenvalue weighted by atomic mass is 35.5. The van der Waals surface area contributed by atoms with E-state index in [0.717, 1.165) is 11.1 Å². The first kappa shape index (κ1) is 18.4. The second-order valence-corrected chi connectivity index (χ2v) is 6.08. The van der Waals surface area contributed by atoms with Gasteiger partial charge in [0.2, 0.25) is 0 Å². The maximum absolute atomic E-state index is 12.1. The van der Waals surface area contributed by atoms with Gasteiger partial charge in [-0.1, -0.05) is 23.2 Å². The molecule has 2 aromatic rings. The Morgan fingerprint density at radius 3 is 2.33 bits per heavy atom. The molecule has 2 rings (SSSR count). The third kappa shape index (κ3) is 4.34. The lowest BCUT2D eigenvalue weighted by atomic mass is 10.0. The fourth-order valence-electron chi connectivity index (χ4n) is 2.34. The van der Waals surface area contributed by atoms with Crippen LogP contribution in [-0.2, 0) is 6.42 Å². The van der Waals surface area contributed by atoms with Crippen LogP contribution < -0.4 is 14.8 Å². The van der Waals surface area contributed by atoms with Gasteiger partial charge in [-0.3, -0.25) is 4.79 Å². The van der Waals surface area contributed by atoms with Gasteiger partial charge in [-0.15, -0.1) is 0 Å². The average Bonchev–Trinajstić information content (AvgIpc) is 2.58. The second-order valence-electron chi connectivity index (χ2n) is 5.27. The lowest BCUT2D eigenvalue weighted by Gasteiger charge is -2.13. The van der Waals surface area contributed by atoms with E-state index >= 15 is 0 Å². The van der Waals surface area contributed by atoms with Gasteiger partial charge in [0.25, 0.3) is 5.91 Å². The van der Waals surface area contributed by atoms with Crippen LogP contribution in [0.1, 0.15) is 21.5 Å². The van der Waals surface area contributed by atoms with Crippen LogP contribution in [-0.4, -0.2) is 26.7 Å². The minimum Gasteiger partial charge on any atom is -0.493 e. The number of nitrogens with one attached hydrogen (secondary N) is 1. The third-order valence-electron chi connectivity index (χ3n) is 3.70. The van der Waals surface area contributed by atoms with E-state index < -0.39 is 0 Å². The van der Waals surface area contributed by atoms with Crippen molar-refractivity contribution in [3.05, 3.63) is 57.1 Å². The number of amides is 1. The highest BCUT2D eigenvalue weighted by Gasteiger charge is 2.10.